The van der Waals surface area contributed by atoms with Gasteiger partial charge in [-0.25, -0.2) is 0 Å². The van der Waals surface area contributed by atoms with Gasteiger partial charge in [0.25, 0.3) is 0 Å². The Balaban J connectivity index is 1.89. The second-order valence-electron chi connectivity index (χ2n) is 7.23. The Labute approximate surface area is 151 Å². The van der Waals surface area contributed by atoms with Crippen LogP contribution in [0.5, 0.6) is 0 Å². The third-order valence-electron chi connectivity index (χ3n) is 5.23. The van der Waals surface area contributed by atoms with Gasteiger partial charge in [-0.2, -0.15) is 11.8 Å². The molecule has 0 aromatic rings. The van der Waals surface area contributed by atoms with Crippen LogP contribution < -0.4 is 10.6 Å². The number of thioether (sulfide) groups is 1. The number of nitrogens with zero attached hydrogens (tertiary/aromatic N) is 1. The maximum Gasteiger partial charge on any atom is 0.191 e. The van der Waals surface area contributed by atoms with Gasteiger partial charge in [0.15, 0.2) is 5.96 Å². The molecule has 0 aromatic carbocycles. The Kier molecular flexibility index (Phi) is 8.17. The lowest BCUT2D eigenvalue weighted by molar-refractivity contribution is 0.0724. The maximum atomic E-state index is 10.5. The van der Waals surface area contributed by atoms with Crippen molar-refractivity contribution < 1.29 is 9.84 Å². The number of hydrogen-bond acceptors (Lipinski definition) is 4. The van der Waals surface area contributed by atoms with Crippen LogP contribution in [-0.2, 0) is 4.74 Å². The Hall–Kier alpha value is -0.460. The third-order valence-corrected chi connectivity index (χ3v) is 6.46. The molecular formula is C18H35N3O2S. The van der Waals surface area contributed by atoms with E-state index in [0.29, 0.717) is 12.0 Å². The molecule has 0 spiro atoms. The first kappa shape index (κ1) is 19.9. The number of nitrogens with one attached hydrogen (secondary N) is 2. The quantitative estimate of drug-likeness (QED) is 0.336. The average molecular weight is 358 g/mol. The summed E-state index contributed by atoms with van der Waals surface area (Å²) in [6.07, 6.45) is 7.09. The van der Waals surface area contributed by atoms with Crippen molar-refractivity contribution in [3.63, 3.8) is 0 Å². The Morgan fingerprint density at radius 2 is 2.00 bits per heavy atom. The molecule has 1 unspecified atom stereocenters. The van der Waals surface area contributed by atoms with Crippen LogP contribution in [0.2, 0.25) is 0 Å². The van der Waals surface area contributed by atoms with Crippen LogP contribution in [-0.4, -0.2) is 61.0 Å². The molecule has 0 bridgehead atoms. The summed E-state index contributed by atoms with van der Waals surface area (Å²) in [5.41, 5.74) is -0.279. The van der Waals surface area contributed by atoms with E-state index in [1.807, 2.05) is 11.8 Å². The van der Waals surface area contributed by atoms with Gasteiger partial charge in [-0.1, -0.05) is 12.8 Å². The van der Waals surface area contributed by atoms with E-state index < -0.39 is 5.60 Å². The van der Waals surface area contributed by atoms with Crippen molar-refractivity contribution in [3.05, 3.63) is 0 Å². The van der Waals surface area contributed by atoms with Crippen molar-refractivity contribution in [1.29, 1.82) is 0 Å². The van der Waals surface area contributed by atoms with Crippen LogP contribution in [0.1, 0.15) is 52.4 Å². The number of hydrogen-bond donors (Lipinski definition) is 3. The molecule has 0 amide bonds. The number of ether oxygens (including phenoxy) is 1. The first-order valence-electron chi connectivity index (χ1n) is 9.51. The van der Waals surface area contributed by atoms with Gasteiger partial charge in [0.1, 0.15) is 0 Å². The highest BCUT2D eigenvalue weighted by Gasteiger charge is 2.34. The predicted octanol–water partition coefficient (Wildman–Crippen LogP) is 2.40. The molecule has 1 aliphatic heterocycles. The summed E-state index contributed by atoms with van der Waals surface area (Å²) in [4.78, 5) is 4.86. The van der Waals surface area contributed by atoms with Crippen LogP contribution >= 0.6 is 11.8 Å². The molecule has 6 heteroatoms. The minimum Gasteiger partial charge on any atom is -0.387 e. The van der Waals surface area contributed by atoms with Crippen LogP contribution in [0, 0.1) is 5.41 Å². The normalized spacial score (nSPS) is 26.7. The van der Waals surface area contributed by atoms with E-state index in [1.54, 1.807) is 0 Å². The SMILES string of the molecule is CCNC(=NCC1(CCOCC)CCCC1)NCC1(O)CCSC1. The summed E-state index contributed by atoms with van der Waals surface area (Å²) >= 11 is 1.83. The van der Waals surface area contributed by atoms with Crippen molar-refractivity contribution >= 4 is 17.7 Å². The van der Waals surface area contributed by atoms with Gasteiger partial charge in [-0.05, 0) is 50.7 Å². The van der Waals surface area contributed by atoms with Crippen LogP contribution in [0.15, 0.2) is 4.99 Å². The predicted molar refractivity (Wildman–Crippen MR) is 103 cm³/mol. The lowest BCUT2D eigenvalue weighted by atomic mass is 9.83. The van der Waals surface area contributed by atoms with Gasteiger partial charge in [0.2, 0.25) is 0 Å². The van der Waals surface area contributed by atoms with Gasteiger partial charge in [-0.15, -0.1) is 0 Å². The Bertz CT molecular complexity index is 392. The zero-order valence-electron chi connectivity index (χ0n) is 15.4. The summed E-state index contributed by atoms with van der Waals surface area (Å²) in [5, 5.41) is 17.2. The zero-order valence-corrected chi connectivity index (χ0v) is 16.2. The smallest absolute Gasteiger partial charge is 0.191 e. The molecule has 0 radical (unpaired) electrons. The van der Waals surface area contributed by atoms with E-state index in [-0.39, 0.29) is 0 Å². The van der Waals surface area contributed by atoms with Crippen LogP contribution in [0.4, 0.5) is 0 Å². The number of rotatable bonds is 9. The Morgan fingerprint density at radius 3 is 2.62 bits per heavy atom. The van der Waals surface area contributed by atoms with E-state index >= 15 is 0 Å². The highest BCUT2D eigenvalue weighted by Crippen LogP contribution is 2.41. The summed E-state index contributed by atoms with van der Waals surface area (Å²) in [6, 6.07) is 0. The molecule has 0 aromatic heterocycles. The summed E-state index contributed by atoms with van der Waals surface area (Å²) in [7, 11) is 0. The maximum absolute atomic E-state index is 10.5. The highest BCUT2D eigenvalue weighted by molar-refractivity contribution is 7.99. The standard InChI is InChI=1S/C18H35N3O2S/c1-3-19-16(21-14-18(22)10-12-24-15-18)20-13-17(7-5-6-8-17)9-11-23-4-2/h22H,3-15H2,1-2H3,(H2,19,20,21). The lowest BCUT2D eigenvalue weighted by Gasteiger charge is -2.28. The molecule has 1 saturated heterocycles. The second kappa shape index (κ2) is 9.88. The van der Waals surface area contributed by atoms with Gasteiger partial charge in [-0.3, -0.25) is 4.99 Å². The minimum absolute atomic E-state index is 0.303. The van der Waals surface area contributed by atoms with Gasteiger partial charge in [0, 0.05) is 38.6 Å². The van der Waals surface area contributed by atoms with Gasteiger partial charge in [0.05, 0.1) is 5.60 Å². The van der Waals surface area contributed by atoms with E-state index in [2.05, 4.69) is 24.5 Å². The fraction of sp³-hybridized carbons (Fsp3) is 0.944. The largest absolute Gasteiger partial charge is 0.387 e. The molecule has 3 N–H and O–H groups in total. The van der Waals surface area contributed by atoms with Crippen molar-refractivity contribution in [3.8, 4) is 0 Å². The van der Waals surface area contributed by atoms with E-state index in [1.165, 1.54) is 25.7 Å². The molecule has 1 atom stereocenters. The summed E-state index contributed by atoms with van der Waals surface area (Å²) < 4.78 is 5.59. The number of guanidine groups is 1. The highest BCUT2D eigenvalue weighted by atomic mass is 32.2. The molecule has 5 nitrogen and oxygen atoms in total. The van der Waals surface area contributed by atoms with Crippen molar-refractivity contribution in [2.75, 3.05) is 44.4 Å². The second-order valence-corrected chi connectivity index (χ2v) is 8.33. The number of aliphatic imine (C=N–C) groups is 1. The van der Waals surface area contributed by atoms with Crippen molar-refractivity contribution in [2.45, 2.75) is 58.0 Å². The lowest BCUT2D eigenvalue weighted by Crippen LogP contribution is -2.47. The van der Waals surface area contributed by atoms with Crippen LogP contribution in [0.3, 0.4) is 0 Å². The first-order chi connectivity index (χ1) is 11.6. The fourth-order valence-electron chi connectivity index (χ4n) is 3.62. The fourth-order valence-corrected chi connectivity index (χ4v) is 4.91. The van der Waals surface area contributed by atoms with E-state index in [9.17, 15) is 5.11 Å². The molecule has 24 heavy (non-hydrogen) atoms. The molecular weight excluding hydrogens is 322 g/mol. The average Bonchev–Trinajstić information content (AvgIpc) is 3.21. The van der Waals surface area contributed by atoms with E-state index in [4.69, 9.17) is 9.73 Å². The molecule has 2 fully saturated rings. The molecule has 2 rings (SSSR count). The van der Waals surface area contributed by atoms with Crippen molar-refractivity contribution in [2.24, 2.45) is 10.4 Å². The van der Waals surface area contributed by atoms with E-state index in [0.717, 1.165) is 56.6 Å². The monoisotopic (exact) mass is 357 g/mol. The summed E-state index contributed by atoms with van der Waals surface area (Å²) in [6.45, 7) is 8.04. The van der Waals surface area contributed by atoms with Crippen molar-refractivity contribution in [1.82, 2.24) is 10.6 Å². The zero-order chi connectivity index (χ0) is 17.3. The summed E-state index contributed by atoms with van der Waals surface area (Å²) in [5.74, 6) is 2.70. The third kappa shape index (κ3) is 6.12. The minimum atomic E-state index is -0.582. The van der Waals surface area contributed by atoms with Crippen LogP contribution in [0.25, 0.3) is 0 Å². The number of aliphatic hydroxyl groups is 1. The first-order valence-corrected chi connectivity index (χ1v) is 10.7. The van der Waals surface area contributed by atoms with Gasteiger partial charge >= 0.3 is 0 Å². The molecule has 1 saturated carbocycles. The van der Waals surface area contributed by atoms with Gasteiger partial charge < -0.3 is 20.5 Å². The molecule has 140 valence electrons. The molecule has 1 aliphatic carbocycles. The Morgan fingerprint density at radius 1 is 1.21 bits per heavy atom. The molecule has 1 heterocycles. The topological polar surface area (TPSA) is 65.9 Å². The molecule has 2 aliphatic rings.